The van der Waals surface area contributed by atoms with Crippen LogP contribution in [0.4, 0.5) is 0 Å². The molecule has 0 bridgehead atoms. The lowest BCUT2D eigenvalue weighted by atomic mass is 9.97. The Morgan fingerprint density at radius 2 is 1.69 bits per heavy atom. The number of benzene rings is 3. The smallest absolute Gasteiger partial charge is 0.337 e. The van der Waals surface area contributed by atoms with E-state index in [1.54, 1.807) is 37.7 Å². The number of esters is 1. The quantitative estimate of drug-likeness (QED) is 0.386. The molecule has 6 heteroatoms. The molecule has 4 aromatic rings. The van der Waals surface area contributed by atoms with Gasteiger partial charge in [-0.25, -0.2) is 9.78 Å². The van der Waals surface area contributed by atoms with E-state index in [9.17, 15) is 9.59 Å². The normalized spacial score (nSPS) is 11.8. The van der Waals surface area contributed by atoms with Crippen LogP contribution in [0.3, 0.4) is 0 Å². The summed E-state index contributed by atoms with van der Waals surface area (Å²) in [4.78, 5) is 29.5. The Kier molecular flexibility index (Phi) is 4.63. The van der Waals surface area contributed by atoms with E-state index in [0.717, 1.165) is 33.6 Å². The summed E-state index contributed by atoms with van der Waals surface area (Å²) >= 11 is 0. The maximum atomic E-state index is 13.3. The average Bonchev–Trinajstić information content (AvgIpc) is 3.38. The van der Waals surface area contributed by atoms with Crippen molar-refractivity contribution in [2.75, 3.05) is 14.2 Å². The molecule has 0 N–H and O–H groups in total. The third kappa shape index (κ3) is 3.08. The Bertz CT molecular complexity index is 1400. The van der Waals surface area contributed by atoms with Crippen LogP contribution in [0.1, 0.15) is 32.0 Å². The summed E-state index contributed by atoms with van der Waals surface area (Å²) in [5.41, 5.74) is 6.84. The summed E-state index contributed by atoms with van der Waals surface area (Å²) in [6.45, 7) is 1.92. The molecule has 1 aromatic heterocycles. The number of carbonyl (C=O) groups is 2. The zero-order valence-electron chi connectivity index (χ0n) is 17.9. The highest BCUT2D eigenvalue weighted by Gasteiger charge is 2.29. The molecule has 0 amide bonds. The molecular weight excluding hydrogens is 404 g/mol. The maximum Gasteiger partial charge on any atom is 0.337 e. The fraction of sp³-hybridized carbons (Fsp3) is 0.115. The topological polar surface area (TPSA) is 70.4 Å². The number of aryl methyl sites for hydroxylation is 1. The van der Waals surface area contributed by atoms with Crippen molar-refractivity contribution in [2.24, 2.45) is 0 Å². The summed E-state index contributed by atoms with van der Waals surface area (Å²) in [5, 5.41) is 0. The SMILES string of the molecule is COC(=O)c1cccc(-c2ccc3c(c2)C(=O)c2cc(OC)c(-n4cnc(C)c4)cc2-3)c1. The summed E-state index contributed by atoms with van der Waals surface area (Å²) in [6.07, 6.45) is 3.65. The number of carbonyl (C=O) groups excluding carboxylic acids is 2. The minimum Gasteiger partial charge on any atom is -0.495 e. The highest BCUT2D eigenvalue weighted by molar-refractivity contribution is 6.22. The zero-order chi connectivity index (χ0) is 22.4. The molecule has 32 heavy (non-hydrogen) atoms. The second-order valence-corrected chi connectivity index (χ2v) is 7.65. The predicted octanol–water partition coefficient (Wildman–Crippen LogP) is 4.85. The van der Waals surface area contributed by atoms with Crippen molar-refractivity contribution in [1.29, 1.82) is 0 Å². The molecule has 3 aromatic carbocycles. The molecule has 0 saturated heterocycles. The number of hydrogen-bond donors (Lipinski definition) is 0. The van der Waals surface area contributed by atoms with Crippen molar-refractivity contribution < 1.29 is 19.1 Å². The monoisotopic (exact) mass is 424 g/mol. The van der Waals surface area contributed by atoms with Crippen LogP contribution >= 0.6 is 0 Å². The van der Waals surface area contributed by atoms with Crippen LogP contribution in [-0.4, -0.2) is 35.5 Å². The van der Waals surface area contributed by atoms with E-state index < -0.39 is 5.97 Å². The fourth-order valence-electron chi connectivity index (χ4n) is 4.13. The summed E-state index contributed by atoms with van der Waals surface area (Å²) in [6, 6.07) is 16.7. The van der Waals surface area contributed by atoms with E-state index in [1.165, 1.54) is 7.11 Å². The van der Waals surface area contributed by atoms with Gasteiger partial charge in [-0.3, -0.25) is 4.79 Å². The van der Waals surface area contributed by atoms with Crippen LogP contribution in [0, 0.1) is 6.92 Å². The predicted molar refractivity (Wildman–Crippen MR) is 120 cm³/mol. The van der Waals surface area contributed by atoms with Crippen LogP contribution in [0.15, 0.2) is 67.1 Å². The number of rotatable bonds is 4. The number of methoxy groups -OCH3 is 2. The van der Waals surface area contributed by atoms with Crippen molar-refractivity contribution in [3.05, 3.63) is 89.5 Å². The maximum absolute atomic E-state index is 13.3. The first-order valence-corrected chi connectivity index (χ1v) is 10.1. The van der Waals surface area contributed by atoms with Gasteiger partial charge in [-0.15, -0.1) is 0 Å². The Morgan fingerprint density at radius 1 is 0.906 bits per heavy atom. The van der Waals surface area contributed by atoms with Crippen LogP contribution in [0.25, 0.3) is 27.9 Å². The van der Waals surface area contributed by atoms with Crippen LogP contribution in [0.2, 0.25) is 0 Å². The third-order valence-corrected chi connectivity index (χ3v) is 5.72. The van der Waals surface area contributed by atoms with Crippen molar-refractivity contribution in [2.45, 2.75) is 6.92 Å². The summed E-state index contributed by atoms with van der Waals surface area (Å²) in [5.74, 6) is 0.159. The molecule has 1 heterocycles. The standard InChI is InChI=1S/C26H20N2O4/c1-15-13-28(14-27-15)23-11-20-19-8-7-17(16-5-4-6-18(9-16)26(30)32-3)10-21(19)25(29)22(20)12-24(23)31-2/h4-14H,1-3H3. The van der Waals surface area contributed by atoms with Gasteiger partial charge in [0.25, 0.3) is 0 Å². The van der Waals surface area contributed by atoms with Gasteiger partial charge < -0.3 is 14.0 Å². The van der Waals surface area contributed by atoms with Gasteiger partial charge in [0.2, 0.25) is 0 Å². The Labute approximate surface area is 185 Å². The average molecular weight is 424 g/mol. The number of ether oxygens (including phenoxy) is 2. The lowest BCUT2D eigenvalue weighted by Crippen LogP contribution is -2.01. The second-order valence-electron chi connectivity index (χ2n) is 7.65. The van der Waals surface area contributed by atoms with Crippen LogP contribution in [-0.2, 0) is 4.74 Å². The minimum atomic E-state index is -0.397. The molecule has 0 radical (unpaired) electrons. The number of ketones is 1. The number of hydrogen-bond acceptors (Lipinski definition) is 5. The lowest BCUT2D eigenvalue weighted by molar-refractivity contribution is 0.0600. The van der Waals surface area contributed by atoms with Gasteiger partial charge in [-0.2, -0.15) is 0 Å². The zero-order valence-corrected chi connectivity index (χ0v) is 17.9. The first kappa shape index (κ1) is 19.8. The molecule has 0 saturated carbocycles. The van der Waals surface area contributed by atoms with Gasteiger partial charge in [0.1, 0.15) is 5.75 Å². The molecule has 1 aliphatic rings. The molecule has 0 fully saturated rings. The van der Waals surface area contributed by atoms with E-state index >= 15 is 0 Å². The number of fused-ring (bicyclic) bond motifs is 3. The lowest BCUT2D eigenvalue weighted by Gasteiger charge is -2.12. The van der Waals surface area contributed by atoms with Crippen molar-refractivity contribution in [3.8, 4) is 33.7 Å². The van der Waals surface area contributed by atoms with Crippen molar-refractivity contribution >= 4 is 11.8 Å². The Morgan fingerprint density at radius 3 is 2.41 bits per heavy atom. The van der Waals surface area contributed by atoms with Gasteiger partial charge in [0, 0.05) is 17.3 Å². The van der Waals surface area contributed by atoms with Crippen LogP contribution < -0.4 is 4.74 Å². The summed E-state index contributed by atoms with van der Waals surface area (Å²) in [7, 11) is 2.95. The largest absolute Gasteiger partial charge is 0.495 e. The first-order chi connectivity index (χ1) is 15.5. The molecule has 1 aliphatic carbocycles. The number of imidazole rings is 1. The van der Waals surface area contributed by atoms with E-state index in [4.69, 9.17) is 9.47 Å². The highest BCUT2D eigenvalue weighted by atomic mass is 16.5. The van der Waals surface area contributed by atoms with Gasteiger partial charge in [-0.1, -0.05) is 24.3 Å². The van der Waals surface area contributed by atoms with E-state index in [-0.39, 0.29) is 5.78 Å². The minimum absolute atomic E-state index is 0.0485. The van der Waals surface area contributed by atoms with Crippen molar-refractivity contribution in [1.82, 2.24) is 9.55 Å². The summed E-state index contributed by atoms with van der Waals surface area (Å²) < 4.78 is 12.3. The molecular formula is C26H20N2O4. The molecule has 0 unspecified atom stereocenters. The van der Waals surface area contributed by atoms with Gasteiger partial charge in [0.15, 0.2) is 5.78 Å². The number of aromatic nitrogens is 2. The van der Waals surface area contributed by atoms with Gasteiger partial charge in [0.05, 0.1) is 37.5 Å². The Balaban J connectivity index is 1.61. The molecule has 158 valence electrons. The van der Waals surface area contributed by atoms with E-state index in [1.807, 2.05) is 48.0 Å². The second kappa shape index (κ2) is 7.50. The molecule has 0 aliphatic heterocycles. The van der Waals surface area contributed by atoms with E-state index in [0.29, 0.717) is 22.4 Å². The molecule has 0 atom stereocenters. The number of nitrogens with zero attached hydrogens (tertiary/aromatic N) is 2. The highest BCUT2D eigenvalue weighted by Crippen LogP contribution is 2.42. The van der Waals surface area contributed by atoms with Gasteiger partial charge >= 0.3 is 5.97 Å². The van der Waals surface area contributed by atoms with Crippen LogP contribution in [0.5, 0.6) is 5.75 Å². The van der Waals surface area contributed by atoms with E-state index in [2.05, 4.69) is 4.98 Å². The molecule has 5 rings (SSSR count). The third-order valence-electron chi connectivity index (χ3n) is 5.72. The fourth-order valence-corrected chi connectivity index (χ4v) is 4.13. The van der Waals surface area contributed by atoms with Crippen molar-refractivity contribution in [3.63, 3.8) is 0 Å². The first-order valence-electron chi connectivity index (χ1n) is 10.1. The molecule has 0 spiro atoms. The molecule has 6 nitrogen and oxygen atoms in total. The van der Waals surface area contributed by atoms with Gasteiger partial charge in [-0.05, 0) is 59.5 Å². The Hall–Kier alpha value is -4.19.